The molecule has 0 spiro atoms. The van der Waals surface area contributed by atoms with E-state index < -0.39 is 0 Å². The highest BCUT2D eigenvalue weighted by Crippen LogP contribution is 2.48. The molecule has 0 aromatic heterocycles. The fourth-order valence-corrected chi connectivity index (χ4v) is 4.31. The van der Waals surface area contributed by atoms with Crippen molar-refractivity contribution in [2.75, 3.05) is 13.2 Å². The van der Waals surface area contributed by atoms with Crippen LogP contribution in [0.1, 0.15) is 56.9 Å². The molecule has 0 amide bonds. The number of ether oxygens (including phenoxy) is 1. The third-order valence-electron chi connectivity index (χ3n) is 5.53. The fraction of sp³-hybridized carbons (Fsp3) is 0.667. The van der Waals surface area contributed by atoms with E-state index in [4.69, 9.17) is 10.5 Å². The number of hydrogen-bond donors (Lipinski definition) is 1. The first kappa shape index (κ1) is 13.9. The van der Waals surface area contributed by atoms with Crippen LogP contribution in [0, 0.1) is 11.3 Å². The largest absolute Gasteiger partial charge is 0.493 e. The summed E-state index contributed by atoms with van der Waals surface area (Å²) >= 11 is 0. The predicted octanol–water partition coefficient (Wildman–Crippen LogP) is 4.10. The van der Waals surface area contributed by atoms with Crippen LogP contribution in [0.2, 0.25) is 0 Å². The van der Waals surface area contributed by atoms with Crippen molar-refractivity contribution in [2.45, 2.75) is 51.4 Å². The molecular weight excluding hydrogens is 246 g/mol. The molecule has 1 fully saturated rings. The molecule has 2 N–H and O–H groups in total. The van der Waals surface area contributed by atoms with Gasteiger partial charge in [0.05, 0.1) is 6.61 Å². The van der Waals surface area contributed by atoms with Crippen LogP contribution in [0.5, 0.6) is 5.75 Å². The molecule has 3 unspecified atom stereocenters. The summed E-state index contributed by atoms with van der Waals surface area (Å²) in [7, 11) is 0. The summed E-state index contributed by atoms with van der Waals surface area (Å²) in [5.74, 6) is 2.52. The highest BCUT2D eigenvalue weighted by molar-refractivity contribution is 5.39. The van der Waals surface area contributed by atoms with E-state index in [-0.39, 0.29) is 0 Å². The van der Waals surface area contributed by atoms with E-state index in [0.29, 0.717) is 11.3 Å². The van der Waals surface area contributed by atoms with Gasteiger partial charge >= 0.3 is 0 Å². The van der Waals surface area contributed by atoms with Crippen molar-refractivity contribution in [1.82, 2.24) is 0 Å². The predicted molar refractivity (Wildman–Crippen MR) is 83.0 cm³/mol. The first-order valence-electron chi connectivity index (χ1n) is 8.18. The molecule has 1 heterocycles. The average Bonchev–Trinajstić information content (AvgIpc) is 2.90. The van der Waals surface area contributed by atoms with E-state index >= 15 is 0 Å². The van der Waals surface area contributed by atoms with Crippen LogP contribution >= 0.6 is 0 Å². The maximum Gasteiger partial charge on any atom is 0.122 e. The lowest BCUT2D eigenvalue weighted by molar-refractivity contribution is 0.116. The van der Waals surface area contributed by atoms with Gasteiger partial charge in [0.2, 0.25) is 0 Å². The monoisotopic (exact) mass is 273 g/mol. The zero-order valence-electron chi connectivity index (χ0n) is 12.6. The summed E-state index contributed by atoms with van der Waals surface area (Å²) in [5.41, 5.74) is 7.97. The summed E-state index contributed by atoms with van der Waals surface area (Å²) in [6, 6.07) is 8.52. The summed E-state index contributed by atoms with van der Waals surface area (Å²) in [5, 5.41) is 0. The molecule has 1 saturated carbocycles. The Balaban J connectivity index is 1.76. The van der Waals surface area contributed by atoms with Gasteiger partial charge in [-0.3, -0.25) is 0 Å². The Labute approximate surface area is 122 Å². The molecule has 0 saturated heterocycles. The standard InChI is InChI=1S/C18H27NO/c1-2-14-6-5-9-18(10-14,13-19)11-15-12-20-17-8-4-3-7-16(15)17/h3-4,7-8,14-15H,2,5-6,9-13,19H2,1H3. The van der Waals surface area contributed by atoms with Gasteiger partial charge in [-0.25, -0.2) is 0 Å². The minimum Gasteiger partial charge on any atom is -0.493 e. The van der Waals surface area contributed by atoms with E-state index in [1.165, 1.54) is 44.1 Å². The quantitative estimate of drug-likeness (QED) is 0.896. The van der Waals surface area contributed by atoms with Crippen molar-refractivity contribution in [1.29, 1.82) is 0 Å². The van der Waals surface area contributed by atoms with Gasteiger partial charge in [0.15, 0.2) is 0 Å². The average molecular weight is 273 g/mol. The van der Waals surface area contributed by atoms with Crippen LogP contribution in [-0.2, 0) is 0 Å². The summed E-state index contributed by atoms with van der Waals surface area (Å²) in [6.07, 6.45) is 7.88. The van der Waals surface area contributed by atoms with Crippen molar-refractivity contribution >= 4 is 0 Å². The second-order valence-corrected chi connectivity index (χ2v) is 6.82. The highest BCUT2D eigenvalue weighted by atomic mass is 16.5. The lowest BCUT2D eigenvalue weighted by Crippen LogP contribution is -2.37. The minimum absolute atomic E-state index is 0.352. The molecule has 3 atom stereocenters. The van der Waals surface area contributed by atoms with Crippen LogP contribution in [0.3, 0.4) is 0 Å². The number of benzene rings is 1. The van der Waals surface area contributed by atoms with E-state index in [1.54, 1.807) is 0 Å². The Hall–Kier alpha value is -1.02. The molecule has 2 nitrogen and oxygen atoms in total. The smallest absolute Gasteiger partial charge is 0.122 e. The number of nitrogens with two attached hydrogens (primary N) is 1. The van der Waals surface area contributed by atoms with Gasteiger partial charge in [0.25, 0.3) is 0 Å². The van der Waals surface area contributed by atoms with Crippen molar-refractivity contribution in [2.24, 2.45) is 17.1 Å². The summed E-state index contributed by atoms with van der Waals surface area (Å²) in [4.78, 5) is 0. The van der Waals surface area contributed by atoms with Gasteiger partial charge in [-0.15, -0.1) is 0 Å². The zero-order valence-corrected chi connectivity index (χ0v) is 12.6. The van der Waals surface area contributed by atoms with Gasteiger partial charge in [-0.05, 0) is 43.2 Å². The van der Waals surface area contributed by atoms with Gasteiger partial charge in [0.1, 0.15) is 5.75 Å². The third kappa shape index (κ3) is 2.58. The fourth-order valence-electron chi connectivity index (χ4n) is 4.31. The van der Waals surface area contributed by atoms with E-state index in [0.717, 1.165) is 24.8 Å². The molecule has 1 aliphatic heterocycles. The molecule has 1 aromatic rings. The third-order valence-corrected chi connectivity index (χ3v) is 5.53. The number of fused-ring (bicyclic) bond motifs is 1. The zero-order chi connectivity index (χ0) is 14.0. The van der Waals surface area contributed by atoms with E-state index in [2.05, 4.69) is 31.2 Å². The molecule has 3 rings (SSSR count). The number of para-hydroxylation sites is 1. The molecule has 1 aromatic carbocycles. The minimum atomic E-state index is 0.352. The number of rotatable bonds is 4. The van der Waals surface area contributed by atoms with Crippen molar-refractivity contribution in [3.8, 4) is 5.75 Å². The SMILES string of the molecule is CCC1CCCC(CN)(CC2COc3ccccc32)C1. The van der Waals surface area contributed by atoms with Crippen LogP contribution in [-0.4, -0.2) is 13.2 Å². The van der Waals surface area contributed by atoms with Crippen molar-refractivity contribution in [3.05, 3.63) is 29.8 Å². The molecule has 0 bridgehead atoms. The molecular formula is C18H27NO. The lowest BCUT2D eigenvalue weighted by atomic mass is 9.64. The van der Waals surface area contributed by atoms with Gasteiger partial charge < -0.3 is 10.5 Å². The van der Waals surface area contributed by atoms with E-state index in [1.807, 2.05) is 0 Å². The second-order valence-electron chi connectivity index (χ2n) is 6.82. The molecule has 20 heavy (non-hydrogen) atoms. The topological polar surface area (TPSA) is 35.2 Å². The van der Waals surface area contributed by atoms with Gasteiger partial charge in [-0.2, -0.15) is 0 Å². The molecule has 2 aliphatic rings. The molecule has 110 valence electrons. The highest BCUT2D eigenvalue weighted by Gasteiger charge is 2.38. The molecule has 1 aliphatic carbocycles. The normalized spacial score (nSPS) is 32.7. The van der Waals surface area contributed by atoms with Crippen molar-refractivity contribution < 1.29 is 4.74 Å². The van der Waals surface area contributed by atoms with Crippen LogP contribution in [0.15, 0.2) is 24.3 Å². The van der Waals surface area contributed by atoms with Crippen LogP contribution in [0.4, 0.5) is 0 Å². The Bertz CT molecular complexity index is 458. The molecule has 0 radical (unpaired) electrons. The Kier molecular flexibility index (Phi) is 4.02. The molecule has 2 heteroatoms. The van der Waals surface area contributed by atoms with Gasteiger partial charge in [-0.1, -0.05) is 44.4 Å². The van der Waals surface area contributed by atoms with Crippen LogP contribution in [0.25, 0.3) is 0 Å². The maximum atomic E-state index is 6.21. The number of hydrogen-bond acceptors (Lipinski definition) is 2. The van der Waals surface area contributed by atoms with Gasteiger partial charge in [0, 0.05) is 11.5 Å². The van der Waals surface area contributed by atoms with Crippen molar-refractivity contribution in [3.63, 3.8) is 0 Å². The van der Waals surface area contributed by atoms with E-state index in [9.17, 15) is 0 Å². The maximum absolute atomic E-state index is 6.21. The Morgan fingerprint density at radius 3 is 3.00 bits per heavy atom. The first-order valence-corrected chi connectivity index (χ1v) is 8.18. The summed E-state index contributed by atoms with van der Waals surface area (Å²) < 4.78 is 5.85. The second kappa shape index (κ2) is 5.77. The Morgan fingerprint density at radius 2 is 2.20 bits per heavy atom. The van der Waals surface area contributed by atoms with Crippen LogP contribution < -0.4 is 10.5 Å². The lowest BCUT2D eigenvalue weighted by Gasteiger charge is -2.41. The first-order chi connectivity index (χ1) is 9.76. The summed E-state index contributed by atoms with van der Waals surface area (Å²) in [6.45, 7) is 4.01. The Morgan fingerprint density at radius 1 is 1.35 bits per heavy atom.